The van der Waals surface area contributed by atoms with Crippen LogP contribution in [0.4, 0.5) is 5.82 Å². The van der Waals surface area contributed by atoms with Crippen molar-refractivity contribution in [3.63, 3.8) is 0 Å². The van der Waals surface area contributed by atoms with Gasteiger partial charge in [0.15, 0.2) is 0 Å². The normalized spacial score (nSPS) is 21.9. The summed E-state index contributed by atoms with van der Waals surface area (Å²) in [5.74, 6) is 0.422. The minimum absolute atomic E-state index is 0.0547. The number of aromatic nitrogens is 1. The molecule has 146 valence electrons. The zero-order valence-electron chi connectivity index (χ0n) is 16.2. The molecule has 1 aromatic rings. The second-order valence-electron chi connectivity index (χ2n) is 7.65. The minimum atomic E-state index is -0.390. The summed E-state index contributed by atoms with van der Waals surface area (Å²) in [5.41, 5.74) is 0.621. The number of amides is 3. The van der Waals surface area contributed by atoms with Crippen LogP contribution < -0.4 is 5.32 Å². The lowest BCUT2D eigenvalue weighted by atomic mass is 9.85. The first-order chi connectivity index (χ1) is 12.9. The molecule has 7 heteroatoms. The van der Waals surface area contributed by atoms with Crippen molar-refractivity contribution in [2.24, 2.45) is 5.41 Å². The fourth-order valence-electron chi connectivity index (χ4n) is 4.03. The Hall–Kier alpha value is -2.44. The van der Waals surface area contributed by atoms with Gasteiger partial charge < -0.3 is 15.1 Å². The molecule has 3 rings (SSSR count). The highest BCUT2D eigenvalue weighted by Gasteiger charge is 2.51. The van der Waals surface area contributed by atoms with Crippen LogP contribution in [0.3, 0.4) is 0 Å². The average molecular weight is 372 g/mol. The van der Waals surface area contributed by atoms with E-state index in [2.05, 4.69) is 17.2 Å². The molecular formula is C20H28N4O3. The SMILES string of the molecule is CCCN1CCC2(CCN(C(=O)CCC(=O)Nc3cc(C)ccn3)C2)C1=O. The van der Waals surface area contributed by atoms with E-state index in [9.17, 15) is 14.4 Å². The molecule has 27 heavy (non-hydrogen) atoms. The summed E-state index contributed by atoms with van der Waals surface area (Å²) in [6.45, 7) is 6.68. The monoisotopic (exact) mass is 372 g/mol. The van der Waals surface area contributed by atoms with Crippen molar-refractivity contribution in [2.45, 2.75) is 46.0 Å². The number of aryl methyl sites for hydroxylation is 1. The van der Waals surface area contributed by atoms with E-state index >= 15 is 0 Å². The molecule has 1 atom stereocenters. The van der Waals surface area contributed by atoms with Gasteiger partial charge in [-0.1, -0.05) is 6.92 Å². The predicted molar refractivity (Wildman–Crippen MR) is 102 cm³/mol. The molecule has 2 aliphatic rings. The second-order valence-corrected chi connectivity index (χ2v) is 7.65. The van der Waals surface area contributed by atoms with Gasteiger partial charge in [-0.15, -0.1) is 0 Å². The Morgan fingerprint density at radius 3 is 2.78 bits per heavy atom. The molecule has 1 unspecified atom stereocenters. The summed E-state index contributed by atoms with van der Waals surface area (Å²) >= 11 is 0. The van der Waals surface area contributed by atoms with Crippen LogP contribution in [0.5, 0.6) is 0 Å². The van der Waals surface area contributed by atoms with Crippen LogP contribution in [0.25, 0.3) is 0 Å². The third-order valence-corrected chi connectivity index (χ3v) is 5.55. The molecule has 1 N–H and O–H groups in total. The number of rotatable bonds is 6. The molecule has 2 saturated heterocycles. The van der Waals surface area contributed by atoms with E-state index in [0.29, 0.717) is 18.9 Å². The highest BCUT2D eigenvalue weighted by Crippen LogP contribution is 2.40. The maximum absolute atomic E-state index is 12.7. The van der Waals surface area contributed by atoms with Gasteiger partial charge in [0.2, 0.25) is 17.7 Å². The van der Waals surface area contributed by atoms with Crippen molar-refractivity contribution in [3.8, 4) is 0 Å². The van der Waals surface area contributed by atoms with Crippen LogP contribution >= 0.6 is 0 Å². The number of hydrogen-bond acceptors (Lipinski definition) is 4. The molecule has 3 heterocycles. The van der Waals surface area contributed by atoms with Crippen molar-refractivity contribution >= 4 is 23.5 Å². The van der Waals surface area contributed by atoms with Gasteiger partial charge >= 0.3 is 0 Å². The van der Waals surface area contributed by atoms with Crippen LogP contribution in [0.15, 0.2) is 18.3 Å². The quantitative estimate of drug-likeness (QED) is 0.828. The first kappa shape index (κ1) is 19.3. The number of likely N-dealkylation sites (tertiary alicyclic amines) is 2. The summed E-state index contributed by atoms with van der Waals surface area (Å²) in [7, 11) is 0. The van der Waals surface area contributed by atoms with Gasteiger partial charge in [0.05, 0.1) is 5.41 Å². The van der Waals surface area contributed by atoms with Gasteiger partial charge in [-0.2, -0.15) is 0 Å². The molecule has 2 aliphatic heterocycles. The fourth-order valence-corrected chi connectivity index (χ4v) is 4.03. The Morgan fingerprint density at radius 2 is 2.04 bits per heavy atom. The highest BCUT2D eigenvalue weighted by atomic mass is 16.2. The van der Waals surface area contributed by atoms with E-state index in [4.69, 9.17) is 0 Å². The molecule has 7 nitrogen and oxygen atoms in total. The number of hydrogen-bond donors (Lipinski definition) is 1. The molecule has 0 saturated carbocycles. The highest BCUT2D eigenvalue weighted by molar-refractivity contribution is 5.93. The van der Waals surface area contributed by atoms with Gasteiger partial charge in [-0.25, -0.2) is 4.98 Å². The average Bonchev–Trinajstić information content (AvgIpc) is 3.20. The largest absolute Gasteiger partial charge is 0.342 e. The van der Waals surface area contributed by atoms with Gasteiger partial charge in [0.25, 0.3) is 0 Å². The summed E-state index contributed by atoms with van der Waals surface area (Å²) in [6, 6.07) is 3.64. The van der Waals surface area contributed by atoms with Crippen molar-refractivity contribution in [3.05, 3.63) is 23.9 Å². The molecule has 3 amide bonds. The van der Waals surface area contributed by atoms with Crippen molar-refractivity contribution in [1.82, 2.24) is 14.8 Å². The Morgan fingerprint density at radius 1 is 1.26 bits per heavy atom. The number of carbonyl (C=O) groups excluding carboxylic acids is 3. The number of carbonyl (C=O) groups is 3. The van der Waals surface area contributed by atoms with Gasteiger partial charge in [0.1, 0.15) is 5.82 Å². The standard InChI is InChI=1S/C20H28N4O3/c1-3-10-23-11-7-20(19(23)27)8-12-24(14-20)18(26)5-4-17(25)22-16-13-15(2)6-9-21-16/h6,9,13H,3-5,7-8,10-12,14H2,1-2H3,(H,21,22,25). The van der Waals surface area contributed by atoms with E-state index in [1.165, 1.54) is 0 Å². The molecule has 0 radical (unpaired) electrons. The fraction of sp³-hybridized carbons (Fsp3) is 0.600. The summed E-state index contributed by atoms with van der Waals surface area (Å²) < 4.78 is 0. The van der Waals surface area contributed by atoms with E-state index in [0.717, 1.165) is 37.9 Å². The molecule has 0 aliphatic carbocycles. The summed E-state index contributed by atoms with van der Waals surface area (Å²) in [4.78, 5) is 45.1. The number of anilines is 1. The van der Waals surface area contributed by atoms with Gasteiger partial charge in [-0.05, 0) is 43.9 Å². The topological polar surface area (TPSA) is 82.6 Å². The summed E-state index contributed by atoms with van der Waals surface area (Å²) in [6.07, 6.45) is 4.43. The second kappa shape index (κ2) is 8.06. The third-order valence-electron chi connectivity index (χ3n) is 5.55. The van der Waals surface area contributed by atoms with E-state index in [-0.39, 0.29) is 30.6 Å². The Labute approximate surface area is 160 Å². The molecule has 0 bridgehead atoms. The molecule has 1 spiro atoms. The molecular weight excluding hydrogens is 344 g/mol. The van der Waals surface area contributed by atoms with E-state index in [1.807, 2.05) is 17.9 Å². The van der Waals surface area contributed by atoms with Crippen molar-refractivity contribution < 1.29 is 14.4 Å². The lowest BCUT2D eigenvalue weighted by molar-refractivity contribution is -0.137. The summed E-state index contributed by atoms with van der Waals surface area (Å²) in [5, 5.41) is 2.72. The first-order valence-electron chi connectivity index (χ1n) is 9.73. The zero-order valence-corrected chi connectivity index (χ0v) is 16.2. The van der Waals surface area contributed by atoms with E-state index in [1.54, 1.807) is 17.2 Å². The minimum Gasteiger partial charge on any atom is -0.342 e. The molecule has 1 aromatic heterocycles. The smallest absolute Gasteiger partial charge is 0.230 e. The van der Waals surface area contributed by atoms with Crippen molar-refractivity contribution in [1.29, 1.82) is 0 Å². The Bertz CT molecular complexity index is 736. The number of pyridine rings is 1. The predicted octanol–water partition coefficient (Wildman–Crippen LogP) is 1.97. The Kier molecular flexibility index (Phi) is 5.77. The Balaban J connectivity index is 1.48. The first-order valence-corrected chi connectivity index (χ1v) is 9.73. The van der Waals surface area contributed by atoms with Crippen molar-refractivity contribution in [2.75, 3.05) is 31.5 Å². The van der Waals surface area contributed by atoms with Crippen LogP contribution in [0, 0.1) is 12.3 Å². The number of nitrogens with zero attached hydrogens (tertiary/aromatic N) is 3. The van der Waals surface area contributed by atoms with Crippen LogP contribution in [-0.4, -0.2) is 58.7 Å². The maximum Gasteiger partial charge on any atom is 0.230 e. The third kappa shape index (κ3) is 4.28. The lowest BCUT2D eigenvalue weighted by Gasteiger charge is -2.23. The van der Waals surface area contributed by atoms with Crippen LogP contribution in [0.2, 0.25) is 0 Å². The lowest BCUT2D eigenvalue weighted by Crippen LogP contribution is -2.38. The molecule has 2 fully saturated rings. The van der Waals surface area contributed by atoms with Crippen LogP contribution in [0.1, 0.15) is 44.6 Å². The molecule has 0 aromatic carbocycles. The maximum atomic E-state index is 12.7. The van der Waals surface area contributed by atoms with Crippen LogP contribution in [-0.2, 0) is 14.4 Å². The van der Waals surface area contributed by atoms with E-state index < -0.39 is 5.41 Å². The number of nitrogens with one attached hydrogen (secondary N) is 1. The van der Waals surface area contributed by atoms with Gasteiger partial charge in [0, 0.05) is 45.2 Å². The van der Waals surface area contributed by atoms with Gasteiger partial charge in [-0.3, -0.25) is 14.4 Å². The zero-order chi connectivity index (χ0) is 19.4.